The van der Waals surface area contributed by atoms with Gasteiger partial charge >= 0.3 is 5.97 Å². The van der Waals surface area contributed by atoms with Crippen molar-refractivity contribution in [3.8, 4) is 11.5 Å². The third-order valence-corrected chi connectivity index (χ3v) is 4.63. The molecule has 3 rings (SSSR count). The van der Waals surface area contributed by atoms with Gasteiger partial charge < -0.3 is 19.5 Å². The predicted molar refractivity (Wildman–Crippen MR) is 111 cm³/mol. The minimum absolute atomic E-state index is 0.366. The van der Waals surface area contributed by atoms with Crippen molar-refractivity contribution in [2.45, 2.75) is 33.3 Å². The monoisotopic (exact) mass is 395 g/mol. The van der Waals surface area contributed by atoms with Crippen LogP contribution in [0.2, 0.25) is 0 Å². The molecule has 1 amide bonds. The first-order chi connectivity index (χ1) is 14.0. The van der Waals surface area contributed by atoms with Crippen LogP contribution in [0.15, 0.2) is 42.5 Å². The first-order valence-electron chi connectivity index (χ1n) is 9.65. The SMILES string of the molecule is CCc1cccc(C)c1NC(=O)[C@H](C)OC(=O)/C=C/c1ccc2c(c1)OCCO2. The Kier molecular flexibility index (Phi) is 6.54. The highest BCUT2D eigenvalue weighted by Gasteiger charge is 2.18. The zero-order chi connectivity index (χ0) is 20.8. The van der Waals surface area contributed by atoms with E-state index in [0.29, 0.717) is 24.7 Å². The summed E-state index contributed by atoms with van der Waals surface area (Å²) in [7, 11) is 0. The number of amides is 1. The highest BCUT2D eigenvalue weighted by Crippen LogP contribution is 2.31. The van der Waals surface area contributed by atoms with Crippen LogP contribution in [0.3, 0.4) is 0 Å². The Morgan fingerprint density at radius 1 is 1.17 bits per heavy atom. The van der Waals surface area contributed by atoms with Crippen LogP contribution in [0.4, 0.5) is 5.69 Å². The zero-order valence-corrected chi connectivity index (χ0v) is 16.9. The maximum Gasteiger partial charge on any atom is 0.331 e. The van der Waals surface area contributed by atoms with E-state index in [9.17, 15) is 9.59 Å². The molecule has 0 aliphatic carbocycles. The third kappa shape index (κ3) is 5.16. The van der Waals surface area contributed by atoms with Crippen molar-refractivity contribution < 1.29 is 23.8 Å². The molecule has 0 radical (unpaired) electrons. The number of rotatable bonds is 6. The van der Waals surface area contributed by atoms with Crippen LogP contribution in [-0.2, 0) is 20.7 Å². The molecule has 6 nitrogen and oxygen atoms in total. The number of aryl methyl sites for hydroxylation is 2. The Morgan fingerprint density at radius 3 is 2.69 bits per heavy atom. The molecular weight excluding hydrogens is 370 g/mol. The van der Waals surface area contributed by atoms with Crippen LogP contribution in [0.5, 0.6) is 11.5 Å². The van der Waals surface area contributed by atoms with Gasteiger partial charge in [-0.3, -0.25) is 4.79 Å². The van der Waals surface area contributed by atoms with Gasteiger partial charge in [-0.15, -0.1) is 0 Å². The number of hydrogen-bond donors (Lipinski definition) is 1. The lowest BCUT2D eigenvalue weighted by Gasteiger charge is -2.18. The number of hydrogen-bond acceptors (Lipinski definition) is 5. The van der Waals surface area contributed by atoms with Gasteiger partial charge in [0.15, 0.2) is 17.6 Å². The summed E-state index contributed by atoms with van der Waals surface area (Å²) in [6.45, 7) is 6.53. The summed E-state index contributed by atoms with van der Waals surface area (Å²) in [5.41, 5.74) is 3.55. The molecule has 0 bridgehead atoms. The number of nitrogens with one attached hydrogen (secondary N) is 1. The van der Waals surface area contributed by atoms with Crippen molar-refractivity contribution in [2.24, 2.45) is 0 Å². The van der Waals surface area contributed by atoms with Crippen molar-refractivity contribution in [3.05, 3.63) is 59.2 Å². The van der Waals surface area contributed by atoms with Gasteiger partial charge in [-0.2, -0.15) is 0 Å². The molecule has 2 aromatic rings. The van der Waals surface area contributed by atoms with Crippen molar-refractivity contribution in [1.29, 1.82) is 0 Å². The van der Waals surface area contributed by atoms with E-state index >= 15 is 0 Å². The molecule has 0 spiro atoms. The molecule has 1 aliphatic rings. The van der Waals surface area contributed by atoms with Crippen LogP contribution in [0.25, 0.3) is 6.08 Å². The van der Waals surface area contributed by atoms with Gasteiger partial charge in [0.25, 0.3) is 5.91 Å². The second-order valence-electron chi connectivity index (χ2n) is 6.77. The Morgan fingerprint density at radius 2 is 1.93 bits per heavy atom. The first-order valence-corrected chi connectivity index (χ1v) is 9.65. The standard InChI is InChI=1S/C23H25NO5/c1-4-18-7-5-6-15(2)22(18)24-23(26)16(3)29-21(25)11-9-17-8-10-19-20(14-17)28-13-12-27-19/h5-11,14,16H,4,12-13H2,1-3H3,(H,24,26)/b11-9+/t16-/m0/s1. The van der Waals surface area contributed by atoms with Crippen molar-refractivity contribution in [2.75, 3.05) is 18.5 Å². The lowest BCUT2D eigenvalue weighted by Crippen LogP contribution is -2.30. The summed E-state index contributed by atoms with van der Waals surface area (Å²) in [5, 5.41) is 2.87. The number of fused-ring (bicyclic) bond motifs is 1. The van der Waals surface area contributed by atoms with Crippen LogP contribution in [0, 0.1) is 6.92 Å². The number of esters is 1. The molecule has 2 aromatic carbocycles. The zero-order valence-electron chi connectivity index (χ0n) is 16.9. The van der Waals surface area contributed by atoms with Gasteiger partial charge in [0.1, 0.15) is 13.2 Å². The van der Waals surface area contributed by atoms with Crippen molar-refractivity contribution >= 4 is 23.6 Å². The smallest absolute Gasteiger partial charge is 0.331 e. The van der Waals surface area contributed by atoms with E-state index in [2.05, 4.69) is 5.32 Å². The Bertz CT molecular complexity index is 935. The number of carbonyl (C=O) groups excluding carboxylic acids is 2. The molecule has 0 saturated carbocycles. The van der Waals surface area contributed by atoms with Gasteiger partial charge in [-0.25, -0.2) is 4.79 Å². The van der Waals surface area contributed by atoms with E-state index in [1.807, 2.05) is 38.1 Å². The molecule has 1 heterocycles. The molecule has 0 unspecified atom stereocenters. The van der Waals surface area contributed by atoms with Crippen LogP contribution in [-0.4, -0.2) is 31.2 Å². The summed E-state index contributed by atoms with van der Waals surface area (Å²) in [4.78, 5) is 24.6. The minimum atomic E-state index is -0.920. The maximum absolute atomic E-state index is 12.5. The molecule has 0 fully saturated rings. The number of ether oxygens (including phenoxy) is 3. The summed E-state index contributed by atoms with van der Waals surface area (Å²) in [6.07, 6.45) is 2.78. The van der Waals surface area contributed by atoms with Gasteiger partial charge in [-0.05, 0) is 55.2 Å². The Hall–Kier alpha value is -3.28. The summed E-state index contributed by atoms with van der Waals surface area (Å²) in [5.74, 6) is 0.367. The van der Waals surface area contributed by atoms with E-state index in [1.54, 1.807) is 25.1 Å². The third-order valence-electron chi connectivity index (χ3n) is 4.63. The van der Waals surface area contributed by atoms with Crippen LogP contribution in [0.1, 0.15) is 30.5 Å². The summed E-state index contributed by atoms with van der Waals surface area (Å²) in [6, 6.07) is 11.3. The number of anilines is 1. The topological polar surface area (TPSA) is 73.9 Å². The quantitative estimate of drug-likeness (QED) is 0.593. The second-order valence-corrected chi connectivity index (χ2v) is 6.77. The number of para-hydroxylation sites is 1. The number of carbonyl (C=O) groups is 2. The Balaban J connectivity index is 1.59. The summed E-state index contributed by atoms with van der Waals surface area (Å²) < 4.78 is 16.2. The molecule has 6 heteroatoms. The largest absolute Gasteiger partial charge is 0.486 e. The fourth-order valence-corrected chi connectivity index (χ4v) is 3.02. The minimum Gasteiger partial charge on any atom is -0.486 e. The van der Waals surface area contributed by atoms with Gasteiger partial charge in [0, 0.05) is 11.8 Å². The van der Waals surface area contributed by atoms with E-state index in [-0.39, 0.29) is 5.91 Å². The average molecular weight is 395 g/mol. The van der Waals surface area contributed by atoms with Crippen LogP contribution < -0.4 is 14.8 Å². The molecule has 0 aromatic heterocycles. The second kappa shape index (κ2) is 9.28. The summed E-state index contributed by atoms with van der Waals surface area (Å²) >= 11 is 0. The van der Waals surface area contributed by atoms with E-state index in [1.165, 1.54) is 6.08 Å². The average Bonchev–Trinajstić information content (AvgIpc) is 2.73. The lowest BCUT2D eigenvalue weighted by atomic mass is 10.1. The molecule has 1 atom stereocenters. The number of benzene rings is 2. The molecular formula is C23H25NO5. The Labute approximate surface area is 170 Å². The lowest BCUT2D eigenvalue weighted by molar-refractivity contribution is -0.148. The van der Waals surface area contributed by atoms with E-state index < -0.39 is 12.1 Å². The first kappa shape index (κ1) is 20.5. The normalized spacial score (nSPS) is 13.8. The fourth-order valence-electron chi connectivity index (χ4n) is 3.02. The predicted octanol–water partition coefficient (Wildman–Crippen LogP) is 3.91. The highest BCUT2D eigenvalue weighted by atomic mass is 16.6. The maximum atomic E-state index is 12.5. The van der Waals surface area contributed by atoms with Gasteiger partial charge in [0.05, 0.1) is 0 Å². The van der Waals surface area contributed by atoms with E-state index in [0.717, 1.165) is 28.8 Å². The molecule has 1 N–H and O–H groups in total. The molecule has 152 valence electrons. The van der Waals surface area contributed by atoms with E-state index in [4.69, 9.17) is 14.2 Å². The van der Waals surface area contributed by atoms with Gasteiger partial charge in [-0.1, -0.05) is 31.2 Å². The highest BCUT2D eigenvalue weighted by molar-refractivity contribution is 5.97. The van der Waals surface area contributed by atoms with Crippen molar-refractivity contribution in [1.82, 2.24) is 0 Å². The van der Waals surface area contributed by atoms with Crippen molar-refractivity contribution in [3.63, 3.8) is 0 Å². The fraction of sp³-hybridized carbons (Fsp3) is 0.304. The van der Waals surface area contributed by atoms with Gasteiger partial charge in [0.2, 0.25) is 0 Å². The molecule has 29 heavy (non-hydrogen) atoms. The van der Waals surface area contributed by atoms with Crippen LogP contribution >= 0.6 is 0 Å². The molecule has 0 saturated heterocycles. The molecule has 1 aliphatic heterocycles.